The van der Waals surface area contributed by atoms with Crippen molar-refractivity contribution in [1.29, 1.82) is 0 Å². The van der Waals surface area contributed by atoms with E-state index in [1.54, 1.807) is 0 Å². The van der Waals surface area contributed by atoms with Gasteiger partial charge < -0.3 is 14.9 Å². The van der Waals surface area contributed by atoms with Crippen molar-refractivity contribution in [2.24, 2.45) is 5.73 Å². The van der Waals surface area contributed by atoms with E-state index >= 15 is 0 Å². The van der Waals surface area contributed by atoms with Crippen LogP contribution in [-0.4, -0.2) is 21.5 Å². The maximum absolute atomic E-state index is 5.96. The standard InChI is InChI=1S/C14H19N3O/c15-11-4-3-5-13(8-11)18-10-12-9-17-7-2-1-6-14(17)16-12/h1-2,6-7,9,11,13H,3-5,8,10,15H2. The summed E-state index contributed by atoms with van der Waals surface area (Å²) in [7, 11) is 0. The summed E-state index contributed by atoms with van der Waals surface area (Å²) in [6.07, 6.45) is 8.75. The van der Waals surface area contributed by atoms with Crippen LogP contribution >= 0.6 is 0 Å². The highest BCUT2D eigenvalue weighted by molar-refractivity contribution is 5.39. The van der Waals surface area contributed by atoms with Gasteiger partial charge >= 0.3 is 0 Å². The molecular formula is C14H19N3O. The smallest absolute Gasteiger partial charge is 0.137 e. The number of ether oxygens (including phenoxy) is 1. The number of pyridine rings is 1. The molecule has 0 radical (unpaired) electrons. The molecule has 0 aliphatic heterocycles. The van der Waals surface area contributed by atoms with Crippen molar-refractivity contribution in [3.8, 4) is 0 Å². The Morgan fingerprint density at radius 3 is 3.17 bits per heavy atom. The Bertz CT molecular complexity index is 489. The van der Waals surface area contributed by atoms with Gasteiger partial charge in [0, 0.05) is 18.4 Å². The molecule has 0 bridgehead atoms. The lowest BCUT2D eigenvalue weighted by atomic mass is 9.94. The summed E-state index contributed by atoms with van der Waals surface area (Å²) in [6.45, 7) is 0.582. The average Bonchev–Trinajstić information content (AvgIpc) is 2.79. The molecule has 2 N–H and O–H groups in total. The zero-order chi connectivity index (χ0) is 12.4. The van der Waals surface area contributed by atoms with Gasteiger partial charge in [-0.1, -0.05) is 6.07 Å². The SMILES string of the molecule is NC1CCCC(OCc2cn3ccccc3n2)C1. The number of rotatable bonds is 3. The topological polar surface area (TPSA) is 52.5 Å². The maximum atomic E-state index is 5.96. The van der Waals surface area contributed by atoms with Crippen molar-refractivity contribution < 1.29 is 4.74 Å². The van der Waals surface area contributed by atoms with E-state index in [9.17, 15) is 0 Å². The summed E-state index contributed by atoms with van der Waals surface area (Å²) < 4.78 is 7.93. The third-order valence-electron chi connectivity index (χ3n) is 3.55. The van der Waals surface area contributed by atoms with E-state index in [-0.39, 0.29) is 0 Å². The van der Waals surface area contributed by atoms with E-state index in [1.807, 2.05) is 35.0 Å². The molecule has 0 spiro atoms. The summed E-state index contributed by atoms with van der Waals surface area (Å²) in [5.74, 6) is 0. The quantitative estimate of drug-likeness (QED) is 0.901. The van der Waals surface area contributed by atoms with E-state index in [4.69, 9.17) is 10.5 Å². The predicted molar refractivity (Wildman–Crippen MR) is 70.2 cm³/mol. The minimum Gasteiger partial charge on any atom is -0.372 e. The Morgan fingerprint density at radius 1 is 1.39 bits per heavy atom. The molecule has 1 fully saturated rings. The van der Waals surface area contributed by atoms with E-state index in [0.717, 1.165) is 30.6 Å². The molecule has 0 saturated heterocycles. The van der Waals surface area contributed by atoms with Gasteiger partial charge in [-0.25, -0.2) is 4.98 Å². The molecule has 0 aromatic carbocycles. The first-order chi connectivity index (χ1) is 8.81. The molecule has 2 heterocycles. The van der Waals surface area contributed by atoms with E-state index in [2.05, 4.69) is 4.98 Å². The maximum Gasteiger partial charge on any atom is 0.137 e. The van der Waals surface area contributed by atoms with Crippen molar-refractivity contribution in [2.75, 3.05) is 0 Å². The van der Waals surface area contributed by atoms with Gasteiger partial charge in [0.25, 0.3) is 0 Å². The highest BCUT2D eigenvalue weighted by Gasteiger charge is 2.19. The largest absolute Gasteiger partial charge is 0.372 e. The predicted octanol–water partition coefficient (Wildman–Crippen LogP) is 2.12. The van der Waals surface area contributed by atoms with Crippen LogP contribution in [0.25, 0.3) is 5.65 Å². The van der Waals surface area contributed by atoms with Crippen LogP contribution in [0.1, 0.15) is 31.4 Å². The molecule has 4 heteroatoms. The number of aromatic nitrogens is 2. The van der Waals surface area contributed by atoms with Crippen LogP contribution in [-0.2, 0) is 11.3 Å². The molecular weight excluding hydrogens is 226 g/mol. The van der Waals surface area contributed by atoms with Crippen molar-refractivity contribution in [2.45, 2.75) is 44.4 Å². The van der Waals surface area contributed by atoms with E-state index < -0.39 is 0 Å². The lowest BCUT2D eigenvalue weighted by Gasteiger charge is -2.26. The van der Waals surface area contributed by atoms with Crippen molar-refractivity contribution in [3.05, 3.63) is 36.3 Å². The summed E-state index contributed by atoms with van der Waals surface area (Å²) in [4.78, 5) is 4.52. The van der Waals surface area contributed by atoms with Crippen LogP contribution in [0, 0.1) is 0 Å². The zero-order valence-corrected chi connectivity index (χ0v) is 10.5. The first-order valence-corrected chi connectivity index (χ1v) is 6.61. The van der Waals surface area contributed by atoms with Crippen molar-refractivity contribution >= 4 is 5.65 Å². The molecule has 2 atom stereocenters. The lowest BCUT2D eigenvalue weighted by Crippen LogP contribution is -2.32. The monoisotopic (exact) mass is 245 g/mol. The second-order valence-electron chi connectivity index (χ2n) is 5.06. The van der Waals surface area contributed by atoms with Gasteiger partial charge in [-0.2, -0.15) is 0 Å². The number of imidazole rings is 1. The molecule has 96 valence electrons. The van der Waals surface area contributed by atoms with E-state index in [1.165, 1.54) is 6.42 Å². The van der Waals surface area contributed by atoms with Crippen LogP contribution in [0.2, 0.25) is 0 Å². The Balaban J connectivity index is 1.62. The van der Waals surface area contributed by atoms with Gasteiger partial charge in [0.1, 0.15) is 5.65 Å². The normalized spacial score (nSPS) is 24.5. The summed E-state index contributed by atoms with van der Waals surface area (Å²) >= 11 is 0. The van der Waals surface area contributed by atoms with Crippen LogP contribution in [0.3, 0.4) is 0 Å². The molecule has 2 unspecified atom stereocenters. The number of nitrogens with zero attached hydrogens (tertiary/aromatic N) is 2. The first kappa shape index (κ1) is 11.7. The fourth-order valence-corrected chi connectivity index (χ4v) is 2.59. The van der Waals surface area contributed by atoms with Gasteiger partial charge in [0.2, 0.25) is 0 Å². The molecule has 1 saturated carbocycles. The lowest BCUT2D eigenvalue weighted by molar-refractivity contribution is 0.0109. The first-order valence-electron chi connectivity index (χ1n) is 6.61. The summed E-state index contributed by atoms with van der Waals surface area (Å²) in [5.41, 5.74) is 7.91. The molecule has 18 heavy (non-hydrogen) atoms. The van der Waals surface area contributed by atoms with Gasteiger partial charge in [-0.05, 0) is 37.8 Å². The highest BCUT2D eigenvalue weighted by atomic mass is 16.5. The number of hydrogen-bond acceptors (Lipinski definition) is 3. The summed E-state index contributed by atoms with van der Waals surface area (Å²) in [5, 5.41) is 0. The third kappa shape index (κ3) is 2.54. The highest BCUT2D eigenvalue weighted by Crippen LogP contribution is 2.20. The molecule has 4 nitrogen and oxygen atoms in total. The van der Waals surface area contributed by atoms with Crippen LogP contribution in [0.4, 0.5) is 0 Å². The van der Waals surface area contributed by atoms with Crippen molar-refractivity contribution in [1.82, 2.24) is 9.38 Å². The molecule has 1 aliphatic carbocycles. The van der Waals surface area contributed by atoms with Gasteiger partial charge in [-0.3, -0.25) is 0 Å². The molecule has 1 aliphatic rings. The Labute approximate surface area is 107 Å². The molecule has 3 rings (SSSR count). The second-order valence-corrected chi connectivity index (χ2v) is 5.06. The van der Waals surface area contributed by atoms with Gasteiger partial charge in [0.15, 0.2) is 0 Å². The fourth-order valence-electron chi connectivity index (χ4n) is 2.59. The van der Waals surface area contributed by atoms with E-state index in [0.29, 0.717) is 18.8 Å². The zero-order valence-electron chi connectivity index (χ0n) is 10.5. The second kappa shape index (κ2) is 5.08. The third-order valence-corrected chi connectivity index (χ3v) is 3.55. The fraction of sp³-hybridized carbons (Fsp3) is 0.500. The molecule has 2 aromatic rings. The van der Waals surface area contributed by atoms with Gasteiger partial charge in [0.05, 0.1) is 18.4 Å². The minimum absolute atomic E-state index is 0.304. The average molecular weight is 245 g/mol. The van der Waals surface area contributed by atoms with Crippen molar-refractivity contribution in [3.63, 3.8) is 0 Å². The number of fused-ring (bicyclic) bond motifs is 1. The van der Waals surface area contributed by atoms with Gasteiger partial charge in [-0.15, -0.1) is 0 Å². The number of hydrogen-bond donors (Lipinski definition) is 1. The Hall–Kier alpha value is -1.39. The van der Waals surface area contributed by atoms with Crippen LogP contribution < -0.4 is 5.73 Å². The van der Waals surface area contributed by atoms with Crippen LogP contribution in [0.5, 0.6) is 0 Å². The Kier molecular flexibility index (Phi) is 3.30. The summed E-state index contributed by atoms with van der Waals surface area (Å²) in [6, 6.07) is 6.30. The Morgan fingerprint density at radius 2 is 2.33 bits per heavy atom. The molecule has 2 aromatic heterocycles. The molecule has 0 amide bonds. The van der Waals surface area contributed by atoms with Crippen LogP contribution in [0.15, 0.2) is 30.6 Å². The number of nitrogens with two attached hydrogens (primary N) is 1. The minimum atomic E-state index is 0.304.